The monoisotopic (exact) mass is 281 g/mol. The Balaban J connectivity index is 1.58. The Labute approximate surface area is 116 Å². The number of carbonyl (C=O) groups is 1. The SMILES string of the molecule is O=C(NC1CC1)N1CCN(c2ccc(F)cc2F)CC1. The molecule has 3 rings (SSSR count). The number of carbonyl (C=O) groups excluding carboxylic acids is 1. The highest BCUT2D eigenvalue weighted by atomic mass is 19.1. The van der Waals surface area contributed by atoms with Crippen LogP contribution in [0.25, 0.3) is 0 Å². The van der Waals surface area contributed by atoms with Crippen LogP contribution in [0.5, 0.6) is 0 Å². The van der Waals surface area contributed by atoms with E-state index in [9.17, 15) is 13.6 Å². The van der Waals surface area contributed by atoms with Gasteiger partial charge in [-0.2, -0.15) is 0 Å². The van der Waals surface area contributed by atoms with Gasteiger partial charge in [-0.05, 0) is 25.0 Å². The molecule has 1 saturated heterocycles. The number of hydrogen-bond donors (Lipinski definition) is 1. The van der Waals surface area contributed by atoms with Crippen LogP contribution in [0.4, 0.5) is 19.3 Å². The van der Waals surface area contributed by atoms with Crippen molar-refractivity contribution in [1.82, 2.24) is 10.2 Å². The fourth-order valence-electron chi connectivity index (χ4n) is 2.38. The van der Waals surface area contributed by atoms with E-state index in [1.165, 1.54) is 12.1 Å². The standard InChI is InChI=1S/C14H17F2N3O/c15-10-1-4-13(12(16)9-10)18-5-7-19(8-6-18)14(20)17-11-2-3-11/h1,4,9,11H,2-3,5-8H2,(H,17,20). The summed E-state index contributed by atoms with van der Waals surface area (Å²) in [5.74, 6) is -1.13. The van der Waals surface area contributed by atoms with E-state index in [0.717, 1.165) is 18.9 Å². The van der Waals surface area contributed by atoms with Gasteiger partial charge in [-0.15, -0.1) is 0 Å². The highest BCUT2D eigenvalue weighted by molar-refractivity contribution is 5.75. The summed E-state index contributed by atoms with van der Waals surface area (Å²) in [6, 6.07) is 3.90. The molecule has 2 fully saturated rings. The zero-order valence-corrected chi connectivity index (χ0v) is 11.1. The minimum atomic E-state index is -0.575. The lowest BCUT2D eigenvalue weighted by molar-refractivity contribution is 0.194. The highest BCUT2D eigenvalue weighted by Gasteiger charge is 2.28. The van der Waals surface area contributed by atoms with Crippen molar-refractivity contribution in [3.05, 3.63) is 29.8 Å². The molecule has 4 nitrogen and oxygen atoms in total. The fraction of sp³-hybridized carbons (Fsp3) is 0.500. The maximum absolute atomic E-state index is 13.7. The van der Waals surface area contributed by atoms with Crippen LogP contribution in [0, 0.1) is 11.6 Å². The minimum absolute atomic E-state index is 0.0354. The molecule has 1 aromatic carbocycles. The molecule has 6 heteroatoms. The Morgan fingerprint density at radius 3 is 2.45 bits per heavy atom. The molecular weight excluding hydrogens is 264 g/mol. The fourth-order valence-corrected chi connectivity index (χ4v) is 2.38. The van der Waals surface area contributed by atoms with Gasteiger partial charge in [0.1, 0.15) is 11.6 Å². The van der Waals surface area contributed by atoms with E-state index in [1.54, 1.807) is 4.90 Å². The van der Waals surface area contributed by atoms with E-state index in [2.05, 4.69) is 5.32 Å². The van der Waals surface area contributed by atoms with Crippen LogP contribution in [0.3, 0.4) is 0 Å². The molecule has 1 saturated carbocycles. The number of nitrogens with one attached hydrogen (secondary N) is 1. The van der Waals surface area contributed by atoms with Crippen molar-refractivity contribution in [2.45, 2.75) is 18.9 Å². The molecule has 0 aromatic heterocycles. The van der Waals surface area contributed by atoms with Crippen molar-refractivity contribution in [2.75, 3.05) is 31.1 Å². The number of amides is 2. The Kier molecular flexibility index (Phi) is 3.46. The van der Waals surface area contributed by atoms with E-state index in [0.29, 0.717) is 37.9 Å². The molecule has 0 radical (unpaired) electrons. The van der Waals surface area contributed by atoms with Gasteiger partial charge in [0.25, 0.3) is 0 Å². The molecule has 0 bridgehead atoms. The van der Waals surface area contributed by atoms with Gasteiger partial charge in [0.05, 0.1) is 5.69 Å². The molecule has 1 aromatic rings. The number of nitrogens with zero attached hydrogens (tertiary/aromatic N) is 2. The van der Waals surface area contributed by atoms with E-state index >= 15 is 0 Å². The summed E-state index contributed by atoms with van der Waals surface area (Å²) in [5, 5.41) is 2.94. The van der Waals surface area contributed by atoms with Crippen LogP contribution in [-0.4, -0.2) is 43.2 Å². The molecule has 0 spiro atoms. The quantitative estimate of drug-likeness (QED) is 0.899. The van der Waals surface area contributed by atoms with Crippen molar-refractivity contribution in [1.29, 1.82) is 0 Å². The van der Waals surface area contributed by atoms with Crippen molar-refractivity contribution in [3.63, 3.8) is 0 Å². The average molecular weight is 281 g/mol. The van der Waals surface area contributed by atoms with Crippen molar-refractivity contribution >= 4 is 11.7 Å². The molecule has 0 unspecified atom stereocenters. The first-order chi connectivity index (χ1) is 9.63. The summed E-state index contributed by atoms with van der Waals surface area (Å²) in [5.41, 5.74) is 0.397. The first kappa shape index (κ1) is 13.1. The number of benzene rings is 1. The van der Waals surface area contributed by atoms with Gasteiger partial charge in [-0.3, -0.25) is 0 Å². The van der Waals surface area contributed by atoms with E-state index in [4.69, 9.17) is 0 Å². The lowest BCUT2D eigenvalue weighted by Gasteiger charge is -2.36. The maximum Gasteiger partial charge on any atom is 0.317 e. The van der Waals surface area contributed by atoms with E-state index < -0.39 is 11.6 Å². The summed E-state index contributed by atoms with van der Waals surface area (Å²) < 4.78 is 26.6. The zero-order chi connectivity index (χ0) is 14.1. The van der Waals surface area contributed by atoms with E-state index in [-0.39, 0.29) is 6.03 Å². The largest absolute Gasteiger partial charge is 0.366 e. The van der Waals surface area contributed by atoms with Crippen LogP contribution in [0.2, 0.25) is 0 Å². The van der Waals surface area contributed by atoms with Crippen molar-refractivity contribution in [2.24, 2.45) is 0 Å². The second-order valence-electron chi connectivity index (χ2n) is 5.29. The van der Waals surface area contributed by atoms with Crippen LogP contribution in [0.1, 0.15) is 12.8 Å². The van der Waals surface area contributed by atoms with Gasteiger partial charge in [0.15, 0.2) is 0 Å². The molecule has 0 atom stereocenters. The first-order valence-electron chi connectivity index (χ1n) is 6.89. The average Bonchev–Trinajstić information content (AvgIpc) is 3.23. The number of piperazine rings is 1. The smallest absolute Gasteiger partial charge is 0.317 e. The Hall–Kier alpha value is -1.85. The van der Waals surface area contributed by atoms with Crippen molar-refractivity contribution in [3.8, 4) is 0 Å². The Morgan fingerprint density at radius 2 is 1.85 bits per heavy atom. The molecule has 1 aliphatic heterocycles. The second kappa shape index (κ2) is 5.26. The molecule has 2 amide bonds. The number of urea groups is 1. The predicted octanol–water partition coefficient (Wildman–Crippen LogP) is 1.96. The number of anilines is 1. The van der Waals surface area contributed by atoms with Gasteiger partial charge >= 0.3 is 6.03 Å². The minimum Gasteiger partial charge on any atom is -0.366 e. The normalized spacial score (nSPS) is 19.1. The molecule has 1 N–H and O–H groups in total. The molecule has 108 valence electrons. The zero-order valence-electron chi connectivity index (χ0n) is 11.1. The summed E-state index contributed by atoms with van der Waals surface area (Å²) in [4.78, 5) is 15.5. The lowest BCUT2D eigenvalue weighted by atomic mass is 10.2. The molecule has 1 aliphatic carbocycles. The van der Waals surface area contributed by atoms with Gasteiger partial charge in [0, 0.05) is 38.3 Å². The number of rotatable bonds is 2. The molecule has 20 heavy (non-hydrogen) atoms. The third-order valence-electron chi connectivity index (χ3n) is 3.72. The first-order valence-corrected chi connectivity index (χ1v) is 6.89. The van der Waals surface area contributed by atoms with E-state index in [1.807, 2.05) is 4.90 Å². The van der Waals surface area contributed by atoms with Gasteiger partial charge in [0.2, 0.25) is 0 Å². The third-order valence-corrected chi connectivity index (χ3v) is 3.72. The van der Waals surface area contributed by atoms with Crippen LogP contribution < -0.4 is 10.2 Å². The van der Waals surface area contributed by atoms with Gasteiger partial charge in [-0.25, -0.2) is 13.6 Å². The van der Waals surface area contributed by atoms with Crippen molar-refractivity contribution < 1.29 is 13.6 Å². The van der Waals surface area contributed by atoms with Gasteiger partial charge < -0.3 is 15.1 Å². The lowest BCUT2D eigenvalue weighted by Crippen LogP contribution is -2.52. The summed E-state index contributed by atoms with van der Waals surface area (Å²) in [7, 11) is 0. The van der Waals surface area contributed by atoms with Crippen LogP contribution in [0.15, 0.2) is 18.2 Å². The Morgan fingerprint density at radius 1 is 1.15 bits per heavy atom. The van der Waals surface area contributed by atoms with Crippen LogP contribution >= 0.6 is 0 Å². The topological polar surface area (TPSA) is 35.6 Å². The van der Waals surface area contributed by atoms with Gasteiger partial charge in [-0.1, -0.05) is 0 Å². The molecule has 1 heterocycles. The molecule has 2 aliphatic rings. The summed E-state index contributed by atoms with van der Waals surface area (Å²) in [6.45, 7) is 2.21. The van der Waals surface area contributed by atoms with Crippen LogP contribution in [-0.2, 0) is 0 Å². The number of hydrogen-bond acceptors (Lipinski definition) is 2. The number of halogens is 2. The predicted molar refractivity (Wildman–Crippen MR) is 71.7 cm³/mol. The summed E-state index contributed by atoms with van der Waals surface area (Å²) >= 11 is 0. The highest BCUT2D eigenvalue weighted by Crippen LogP contribution is 2.22. The maximum atomic E-state index is 13.7. The second-order valence-corrected chi connectivity index (χ2v) is 5.29. The summed E-state index contributed by atoms with van der Waals surface area (Å²) in [6.07, 6.45) is 2.12. The third kappa shape index (κ3) is 2.84. The molecular formula is C14H17F2N3O. The Bertz CT molecular complexity index is 511.